The zero-order valence-electron chi connectivity index (χ0n) is 18.7. The van der Waals surface area contributed by atoms with Crippen LogP contribution in [0.5, 0.6) is 0 Å². The fourth-order valence-electron chi connectivity index (χ4n) is 6.12. The summed E-state index contributed by atoms with van der Waals surface area (Å²) in [6.45, 7) is 4.12. The van der Waals surface area contributed by atoms with Gasteiger partial charge in [0.25, 0.3) is 0 Å². The average Bonchev–Trinajstić information content (AvgIpc) is 3.55. The lowest BCUT2D eigenvalue weighted by atomic mass is 9.82. The van der Waals surface area contributed by atoms with Gasteiger partial charge in [-0.05, 0) is 35.9 Å². The second-order valence-electron chi connectivity index (χ2n) is 9.97. The molecule has 0 amide bonds. The predicted octanol–water partition coefficient (Wildman–Crippen LogP) is 4.99. The van der Waals surface area contributed by atoms with Crippen molar-refractivity contribution < 1.29 is 19.1 Å². The van der Waals surface area contributed by atoms with Crippen molar-refractivity contribution in [3.05, 3.63) is 64.4 Å². The fraction of sp³-hybridized carbons (Fsp3) is 0.519. The molecule has 1 aromatic carbocycles. The second-order valence-corrected chi connectivity index (χ2v) is 10.9. The molecule has 2 aromatic rings. The second kappa shape index (κ2) is 9.12. The Morgan fingerprint density at radius 3 is 2.53 bits per heavy atom. The van der Waals surface area contributed by atoms with Crippen LogP contribution in [0.3, 0.4) is 0 Å². The van der Waals surface area contributed by atoms with Crippen molar-refractivity contribution in [2.45, 2.75) is 50.2 Å². The molecule has 170 valence electrons. The van der Waals surface area contributed by atoms with Crippen molar-refractivity contribution in [3.8, 4) is 0 Å². The molecule has 32 heavy (non-hydrogen) atoms. The molecule has 1 aromatic heterocycles. The summed E-state index contributed by atoms with van der Waals surface area (Å²) in [6.07, 6.45) is 10.5. The standard InChI is InChI=1S/C27H34NO3S/c29-26(27(30,23-11-4-5-12-23)25-13-7-19-32-25)31-24-20-28(17-14-22(24)15-18-28)16-6-10-21-8-2-1-3-9-21/h1-3,6-10,13,19,22-24,30H,4-5,11-12,14-18,20H2/q+1/t22?,24-,27-,28?/m0/s1. The van der Waals surface area contributed by atoms with Gasteiger partial charge < -0.3 is 14.3 Å². The van der Waals surface area contributed by atoms with E-state index < -0.39 is 11.6 Å². The van der Waals surface area contributed by atoms with Gasteiger partial charge in [0, 0.05) is 29.6 Å². The van der Waals surface area contributed by atoms with Crippen molar-refractivity contribution in [1.82, 2.24) is 0 Å². The van der Waals surface area contributed by atoms with Crippen LogP contribution in [-0.2, 0) is 15.1 Å². The number of piperidine rings is 3. The molecule has 3 saturated heterocycles. The Labute approximate surface area is 195 Å². The van der Waals surface area contributed by atoms with Crippen molar-refractivity contribution in [3.63, 3.8) is 0 Å². The minimum absolute atomic E-state index is 0.0355. The van der Waals surface area contributed by atoms with Gasteiger partial charge in [-0.15, -0.1) is 11.3 Å². The number of rotatable bonds is 7. The van der Waals surface area contributed by atoms with Gasteiger partial charge >= 0.3 is 5.97 Å². The van der Waals surface area contributed by atoms with E-state index >= 15 is 0 Å². The SMILES string of the molecule is O=C(O[C@H]1C[N+]2(CC=Cc3ccccc3)CCC1CC2)[C@@](O)(c1cccs1)C1CCCC1. The summed E-state index contributed by atoms with van der Waals surface area (Å²) >= 11 is 1.47. The Bertz CT molecular complexity index is 927. The van der Waals surface area contributed by atoms with Crippen LogP contribution in [0.4, 0.5) is 0 Å². The lowest BCUT2D eigenvalue weighted by molar-refractivity contribution is -0.941. The molecule has 4 heterocycles. The number of nitrogens with zero attached hydrogens (tertiary/aromatic N) is 1. The maximum atomic E-state index is 13.5. The van der Waals surface area contributed by atoms with Gasteiger partial charge in [-0.2, -0.15) is 0 Å². The molecule has 1 N–H and O–H groups in total. The number of hydrogen-bond acceptors (Lipinski definition) is 4. The van der Waals surface area contributed by atoms with E-state index in [1.807, 2.05) is 23.6 Å². The largest absolute Gasteiger partial charge is 0.454 e. The third kappa shape index (κ3) is 4.18. The number of esters is 1. The third-order valence-corrected chi connectivity index (χ3v) is 9.05. The van der Waals surface area contributed by atoms with E-state index in [1.165, 1.54) is 16.9 Å². The third-order valence-electron chi connectivity index (χ3n) is 8.06. The highest BCUT2D eigenvalue weighted by molar-refractivity contribution is 7.10. The number of ether oxygens (including phenoxy) is 1. The van der Waals surface area contributed by atoms with E-state index in [0.29, 0.717) is 5.92 Å². The molecule has 1 aliphatic carbocycles. The summed E-state index contributed by atoms with van der Waals surface area (Å²) < 4.78 is 7.18. The summed E-state index contributed by atoms with van der Waals surface area (Å²) in [6, 6.07) is 14.2. The van der Waals surface area contributed by atoms with Crippen molar-refractivity contribution in [2.75, 3.05) is 26.2 Å². The first-order valence-electron chi connectivity index (χ1n) is 12.1. The van der Waals surface area contributed by atoms with Gasteiger partial charge in [-0.25, -0.2) is 4.79 Å². The van der Waals surface area contributed by atoms with Crippen LogP contribution in [0.2, 0.25) is 0 Å². The number of hydrogen-bond donors (Lipinski definition) is 1. The highest BCUT2D eigenvalue weighted by atomic mass is 32.1. The Balaban J connectivity index is 1.29. The van der Waals surface area contributed by atoms with Gasteiger partial charge in [0.15, 0.2) is 11.7 Å². The van der Waals surface area contributed by atoms with Crippen molar-refractivity contribution in [1.29, 1.82) is 0 Å². The predicted molar refractivity (Wildman–Crippen MR) is 128 cm³/mol. The topological polar surface area (TPSA) is 46.5 Å². The minimum Gasteiger partial charge on any atom is -0.454 e. The Morgan fingerprint density at radius 2 is 1.84 bits per heavy atom. The highest BCUT2D eigenvalue weighted by Crippen LogP contribution is 2.44. The number of carbonyl (C=O) groups is 1. The number of benzene rings is 1. The lowest BCUT2D eigenvalue weighted by Gasteiger charge is -2.52. The molecule has 2 bridgehead atoms. The molecule has 5 heteroatoms. The number of quaternary nitrogens is 1. The zero-order chi connectivity index (χ0) is 22.0. The first kappa shape index (κ1) is 21.9. The number of aliphatic hydroxyl groups is 1. The summed E-state index contributed by atoms with van der Waals surface area (Å²) in [4.78, 5) is 14.3. The molecule has 2 atom stereocenters. The van der Waals surface area contributed by atoms with Gasteiger partial charge in [-0.1, -0.05) is 55.3 Å². The van der Waals surface area contributed by atoms with Crippen LogP contribution in [0, 0.1) is 11.8 Å². The molecule has 3 aliphatic heterocycles. The van der Waals surface area contributed by atoms with Gasteiger partial charge in [0.2, 0.25) is 0 Å². The lowest BCUT2D eigenvalue weighted by Crippen LogP contribution is -2.65. The van der Waals surface area contributed by atoms with Crippen molar-refractivity contribution in [2.24, 2.45) is 11.8 Å². The van der Waals surface area contributed by atoms with Crippen LogP contribution in [0.15, 0.2) is 53.9 Å². The highest BCUT2D eigenvalue weighted by Gasteiger charge is 2.52. The molecular weight excluding hydrogens is 418 g/mol. The molecule has 0 radical (unpaired) electrons. The van der Waals surface area contributed by atoms with E-state index in [9.17, 15) is 9.90 Å². The van der Waals surface area contributed by atoms with Crippen LogP contribution in [0.25, 0.3) is 6.08 Å². The summed E-state index contributed by atoms with van der Waals surface area (Å²) in [5.74, 6) is -0.0246. The minimum atomic E-state index is -1.49. The summed E-state index contributed by atoms with van der Waals surface area (Å²) in [7, 11) is 0. The molecule has 0 unspecified atom stereocenters. The average molecular weight is 453 g/mol. The Morgan fingerprint density at radius 1 is 1.09 bits per heavy atom. The monoisotopic (exact) mass is 452 g/mol. The van der Waals surface area contributed by atoms with E-state index in [2.05, 4.69) is 36.4 Å². The molecular formula is C27H34NO3S+. The fourth-order valence-corrected chi connectivity index (χ4v) is 7.01. The number of thiophene rings is 1. The van der Waals surface area contributed by atoms with E-state index in [4.69, 9.17) is 4.74 Å². The molecule has 1 saturated carbocycles. The van der Waals surface area contributed by atoms with E-state index in [-0.39, 0.29) is 12.0 Å². The summed E-state index contributed by atoms with van der Waals surface area (Å²) in [5.41, 5.74) is -0.271. The van der Waals surface area contributed by atoms with E-state index in [1.54, 1.807) is 0 Å². The van der Waals surface area contributed by atoms with Crippen LogP contribution < -0.4 is 0 Å². The zero-order valence-corrected chi connectivity index (χ0v) is 19.5. The van der Waals surface area contributed by atoms with Gasteiger partial charge in [0.1, 0.15) is 6.54 Å². The first-order valence-corrected chi connectivity index (χ1v) is 13.0. The van der Waals surface area contributed by atoms with Crippen LogP contribution in [-0.4, -0.2) is 47.8 Å². The smallest absolute Gasteiger partial charge is 0.344 e. The van der Waals surface area contributed by atoms with Crippen molar-refractivity contribution >= 4 is 23.4 Å². The number of carbonyl (C=O) groups excluding carboxylic acids is 1. The van der Waals surface area contributed by atoms with Crippen LogP contribution >= 0.6 is 11.3 Å². The normalized spacial score (nSPS) is 29.9. The quantitative estimate of drug-likeness (QED) is 0.475. The maximum absolute atomic E-state index is 13.5. The van der Waals surface area contributed by atoms with Crippen LogP contribution in [0.1, 0.15) is 49.0 Å². The molecule has 6 rings (SSSR count). The van der Waals surface area contributed by atoms with E-state index in [0.717, 1.165) is 74.1 Å². The molecule has 4 aliphatic rings. The first-order chi connectivity index (χ1) is 15.6. The maximum Gasteiger partial charge on any atom is 0.344 e. The van der Waals surface area contributed by atoms with Gasteiger partial charge in [0.05, 0.1) is 19.6 Å². The van der Waals surface area contributed by atoms with Gasteiger partial charge in [-0.3, -0.25) is 0 Å². The molecule has 4 fully saturated rings. The Kier molecular flexibility index (Phi) is 6.24. The molecule has 0 spiro atoms. The number of fused-ring (bicyclic) bond motifs is 3. The Hall–Kier alpha value is -1.95. The summed E-state index contributed by atoms with van der Waals surface area (Å²) in [5, 5.41) is 13.6. The molecule has 4 nitrogen and oxygen atoms in total.